The highest BCUT2D eigenvalue weighted by atomic mass is 16.7. The first-order valence-corrected chi connectivity index (χ1v) is 15.9. The van der Waals surface area contributed by atoms with Gasteiger partial charge in [-0.05, 0) is 73.0 Å². The number of cyclic esters (lactones) is 1. The molecule has 0 aromatic rings. The van der Waals surface area contributed by atoms with Crippen molar-refractivity contribution in [1.29, 1.82) is 0 Å². The highest BCUT2D eigenvalue weighted by molar-refractivity contribution is 5.98. The second kappa shape index (κ2) is 15.5. The summed E-state index contributed by atoms with van der Waals surface area (Å²) < 4.78 is 18.8. The second-order valence-electron chi connectivity index (χ2n) is 13.5. The maximum atomic E-state index is 13.9. The number of aliphatic hydroxyl groups excluding tert-OH is 1. The van der Waals surface area contributed by atoms with Gasteiger partial charge in [0, 0.05) is 42.8 Å². The third kappa shape index (κ3) is 8.18. The Bertz CT molecular complexity index is 917. The van der Waals surface area contributed by atoms with Gasteiger partial charge in [-0.3, -0.25) is 14.4 Å². The molecule has 0 aromatic carbocycles. The summed E-state index contributed by atoms with van der Waals surface area (Å²) in [4.78, 5) is 42.6. The first-order chi connectivity index (χ1) is 19.5. The van der Waals surface area contributed by atoms with Crippen LogP contribution in [-0.2, 0) is 28.6 Å². The predicted molar refractivity (Wildman–Crippen MR) is 163 cm³/mol. The number of carbonyl (C=O) groups is 3. The molecule has 0 aromatic heterocycles. The number of hydrogen-bond acceptors (Lipinski definition) is 10. The number of carbonyl (C=O) groups excluding carboxylic acids is 3. The number of aliphatic hydroxyl groups is 1. The Kier molecular flexibility index (Phi) is 13.6. The number of nitrogens with two attached hydrogens (primary N) is 1. The standard InChI is InChI=1S/C32H59N3O7/c1-12-26-22(7)27(34-9)23(16-33)28(37)17(2)13-18(3)32(8,19(4)14-25(36)21(6)30(39)41-26)42-31-29(38)24(35(10)11)15-20(5)40-31/h17-24,26-27,29,31,34,38H,12-16,33H2,1-11H3. The molecule has 0 spiro atoms. The van der Waals surface area contributed by atoms with Gasteiger partial charge in [0.2, 0.25) is 0 Å². The largest absolute Gasteiger partial charge is 0.462 e. The molecule has 0 aliphatic carbocycles. The van der Waals surface area contributed by atoms with Crippen molar-refractivity contribution >= 4 is 17.5 Å². The molecule has 13 atom stereocenters. The predicted octanol–water partition coefficient (Wildman–Crippen LogP) is 2.78. The third-order valence-electron chi connectivity index (χ3n) is 10.3. The first kappa shape index (κ1) is 36.8. The van der Waals surface area contributed by atoms with Crippen molar-refractivity contribution in [2.75, 3.05) is 27.7 Å². The monoisotopic (exact) mass is 597 g/mol. The van der Waals surface area contributed by atoms with Gasteiger partial charge in [0.1, 0.15) is 29.7 Å². The molecular weight excluding hydrogens is 538 g/mol. The van der Waals surface area contributed by atoms with Gasteiger partial charge in [0.05, 0.1) is 11.7 Å². The minimum Gasteiger partial charge on any atom is -0.462 e. The van der Waals surface area contributed by atoms with Crippen LogP contribution >= 0.6 is 0 Å². The fourth-order valence-electron chi connectivity index (χ4n) is 6.98. The molecule has 0 bridgehead atoms. The molecule has 42 heavy (non-hydrogen) atoms. The molecule has 2 fully saturated rings. The van der Waals surface area contributed by atoms with E-state index in [4.69, 9.17) is 19.9 Å². The Morgan fingerprint density at radius 3 is 2.21 bits per heavy atom. The van der Waals surface area contributed by atoms with E-state index < -0.39 is 41.9 Å². The number of nitrogens with zero attached hydrogens (tertiary/aromatic N) is 1. The second-order valence-corrected chi connectivity index (χ2v) is 13.5. The Hall–Kier alpha value is -1.43. The lowest BCUT2D eigenvalue weighted by Gasteiger charge is -2.48. The van der Waals surface area contributed by atoms with Crippen molar-refractivity contribution in [1.82, 2.24) is 10.2 Å². The topological polar surface area (TPSA) is 140 Å². The van der Waals surface area contributed by atoms with E-state index >= 15 is 0 Å². The zero-order chi connectivity index (χ0) is 32.1. The van der Waals surface area contributed by atoms with Crippen molar-refractivity contribution < 1.29 is 33.7 Å². The van der Waals surface area contributed by atoms with Crippen molar-refractivity contribution in [3.8, 4) is 0 Å². The molecule has 244 valence electrons. The number of ether oxygens (including phenoxy) is 3. The minimum atomic E-state index is -0.965. The van der Waals surface area contributed by atoms with Gasteiger partial charge in [0.25, 0.3) is 0 Å². The number of Topliss-reactive ketones (excluding diaryl/α,β-unsaturated/α-hetero) is 2. The van der Waals surface area contributed by atoms with Crippen LogP contribution in [-0.4, -0.2) is 97.5 Å². The summed E-state index contributed by atoms with van der Waals surface area (Å²) in [6, 6.07) is -0.477. The highest BCUT2D eigenvalue weighted by Gasteiger charge is 2.48. The van der Waals surface area contributed by atoms with Crippen molar-refractivity contribution in [2.24, 2.45) is 41.2 Å². The van der Waals surface area contributed by atoms with Crippen LogP contribution in [0.5, 0.6) is 0 Å². The summed E-state index contributed by atoms with van der Waals surface area (Å²) in [5.41, 5.74) is 5.25. The number of esters is 1. The maximum Gasteiger partial charge on any atom is 0.316 e. The van der Waals surface area contributed by atoms with Crippen LogP contribution in [0.3, 0.4) is 0 Å². The van der Waals surface area contributed by atoms with Gasteiger partial charge in [-0.25, -0.2) is 0 Å². The molecular formula is C32H59N3O7. The Labute approximate surface area is 253 Å². The van der Waals surface area contributed by atoms with E-state index in [0.717, 1.165) is 0 Å². The van der Waals surface area contributed by atoms with Gasteiger partial charge in [-0.15, -0.1) is 0 Å². The molecule has 2 saturated heterocycles. The lowest BCUT2D eigenvalue weighted by Crippen LogP contribution is -2.58. The maximum absolute atomic E-state index is 13.9. The zero-order valence-electron chi connectivity index (χ0n) is 27.9. The number of rotatable bonds is 6. The summed E-state index contributed by atoms with van der Waals surface area (Å²) in [5.74, 6) is -3.31. The van der Waals surface area contributed by atoms with Gasteiger partial charge < -0.3 is 35.3 Å². The minimum absolute atomic E-state index is 0.0429. The number of nitrogens with one attached hydrogen (secondary N) is 1. The third-order valence-corrected chi connectivity index (χ3v) is 10.3. The van der Waals surface area contributed by atoms with Gasteiger partial charge in [0.15, 0.2) is 6.29 Å². The quantitative estimate of drug-likeness (QED) is 0.309. The molecule has 0 radical (unpaired) electrons. The molecule has 2 rings (SSSR count). The van der Waals surface area contributed by atoms with Crippen LogP contribution in [0, 0.1) is 35.5 Å². The molecule has 0 amide bonds. The Morgan fingerprint density at radius 1 is 1.07 bits per heavy atom. The fourth-order valence-corrected chi connectivity index (χ4v) is 6.98. The van der Waals surface area contributed by atoms with Crippen LogP contribution < -0.4 is 11.1 Å². The summed E-state index contributed by atoms with van der Waals surface area (Å²) in [7, 11) is 5.63. The molecule has 2 heterocycles. The van der Waals surface area contributed by atoms with Crippen molar-refractivity contribution in [2.45, 2.75) is 123 Å². The van der Waals surface area contributed by atoms with Crippen LogP contribution in [0.15, 0.2) is 0 Å². The van der Waals surface area contributed by atoms with E-state index in [1.165, 1.54) is 0 Å². The lowest BCUT2D eigenvalue weighted by atomic mass is 9.71. The van der Waals surface area contributed by atoms with Crippen LogP contribution in [0.2, 0.25) is 0 Å². The Morgan fingerprint density at radius 2 is 1.69 bits per heavy atom. The van der Waals surface area contributed by atoms with Crippen LogP contribution in [0.1, 0.15) is 81.1 Å². The molecule has 4 N–H and O–H groups in total. The number of ketones is 2. The average molecular weight is 598 g/mol. The summed E-state index contributed by atoms with van der Waals surface area (Å²) in [5, 5.41) is 14.5. The van der Waals surface area contributed by atoms with E-state index in [1.807, 2.05) is 67.5 Å². The van der Waals surface area contributed by atoms with E-state index in [9.17, 15) is 19.5 Å². The van der Waals surface area contributed by atoms with Crippen LogP contribution in [0.25, 0.3) is 0 Å². The number of likely N-dealkylation sites (N-methyl/N-ethyl adjacent to an activating group) is 1. The molecule has 10 heteroatoms. The summed E-state index contributed by atoms with van der Waals surface area (Å²) >= 11 is 0. The normalized spacial score (nSPS) is 43.5. The van der Waals surface area contributed by atoms with Gasteiger partial charge >= 0.3 is 5.97 Å². The molecule has 2 aliphatic rings. The van der Waals surface area contributed by atoms with E-state index in [0.29, 0.717) is 19.3 Å². The molecule has 0 saturated carbocycles. The molecule has 10 nitrogen and oxygen atoms in total. The molecule has 13 unspecified atom stereocenters. The van der Waals surface area contributed by atoms with Gasteiger partial charge in [-0.2, -0.15) is 0 Å². The van der Waals surface area contributed by atoms with Crippen molar-refractivity contribution in [3.63, 3.8) is 0 Å². The van der Waals surface area contributed by atoms with E-state index in [1.54, 1.807) is 14.0 Å². The summed E-state index contributed by atoms with van der Waals surface area (Å²) in [6.45, 7) is 15.4. The molecule has 2 aliphatic heterocycles. The summed E-state index contributed by atoms with van der Waals surface area (Å²) in [6.07, 6.45) is -0.674. The zero-order valence-corrected chi connectivity index (χ0v) is 27.9. The number of hydrogen-bond donors (Lipinski definition) is 3. The SMILES string of the molecule is CCC1OC(=O)C(C)C(=O)CC(C)C(C)(OC2OC(C)CC(N(C)C)C2O)C(C)CC(C)C(=O)C(CN)C(NC)C1C. The fraction of sp³-hybridized carbons (Fsp3) is 0.906. The lowest BCUT2D eigenvalue weighted by molar-refractivity contribution is -0.305. The van der Waals surface area contributed by atoms with E-state index in [2.05, 4.69) is 5.32 Å². The first-order valence-electron chi connectivity index (χ1n) is 15.9. The van der Waals surface area contributed by atoms with Crippen LogP contribution in [0.4, 0.5) is 0 Å². The Balaban J connectivity index is 2.55. The highest BCUT2D eigenvalue weighted by Crippen LogP contribution is 2.41. The van der Waals surface area contributed by atoms with E-state index in [-0.39, 0.29) is 66.4 Å². The van der Waals surface area contributed by atoms with Gasteiger partial charge in [-0.1, -0.05) is 34.6 Å². The average Bonchev–Trinajstić information content (AvgIpc) is 2.93. The van der Waals surface area contributed by atoms with Crippen molar-refractivity contribution in [3.05, 3.63) is 0 Å². The smallest absolute Gasteiger partial charge is 0.316 e.